The van der Waals surface area contributed by atoms with E-state index in [1.165, 1.54) is 23.5 Å². The van der Waals surface area contributed by atoms with Gasteiger partial charge in [0.1, 0.15) is 5.75 Å². The number of nitrogens with zero attached hydrogens (tertiary/aromatic N) is 1. The molecule has 0 unspecified atom stereocenters. The standard InChI is InChI=1S/C24H30N2O6S/c1-3-4-16-32-24(28)18-7-9-20(10-8-18)25-23(27)19-6-5-15-26(17-19)33(29,30)22-13-11-21(31-2)12-14-22/h7-14,19H,3-6,15-17H2,1-2H3,(H,25,27)/t19-/m1/s1. The summed E-state index contributed by atoms with van der Waals surface area (Å²) < 4.78 is 37.7. The SMILES string of the molecule is CCCCOC(=O)c1ccc(NC(=O)[C@@H]2CCCN(S(=O)(=O)c3ccc(OC)cc3)C2)cc1. The molecule has 1 aliphatic heterocycles. The molecule has 9 heteroatoms. The molecule has 2 aromatic rings. The fraction of sp³-hybridized carbons (Fsp3) is 0.417. The molecule has 1 heterocycles. The number of hydrogen-bond acceptors (Lipinski definition) is 6. The molecule has 178 valence electrons. The highest BCUT2D eigenvalue weighted by molar-refractivity contribution is 7.89. The second-order valence-corrected chi connectivity index (χ2v) is 9.87. The molecule has 0 spiro atoms. The largest absolute Gasteiger partial charge is 0.497 e. The van der Waals surface area contributed by atoms with Crippen LogP contribution in [0.15, 0.2) is 53.4 Å². The topological polar surface area (TPSA) is 102 Å². The average molecular weight is 475 g/mol. The maximum Gasteiger partial charge on any atom is 0.338 e. The van der Waals surface area contributed by atoms with Crippen LogP contribution in [-0.4, -0.2) is 51.4 Å². The van der Waals surface area contributed by atoms with E-state index < -0.39 is 21.9 Å². The van der Waals surface area contributed by atoms with Crippen molar-refractivity contribution in [2.45, 2.75) is 37.5 Å². The summed E-state index contributed by atoms with van der Waals surface area (Å²) in [7, 11) is -2.19. The van der Waals surface area contributed by atoms with Gasteiger partial charge in [-0.15, -0.1) is 0 Å². The number of piperidine rings is 1. The lowest BCUT2D eigenvalue weighted by Gasteiger charge is -2.31. The molecule has 8 nitrogen and oxygen atoms in total. The highest BCUT2D eigenvalue weighted by Crippen LogP contribution is 2.26. The number of carbonyl (C=O) groups is 2. The predicted molar refractivity (Wildman–Crippen MR) is 125 cm³/mol. The van der Waals surface area contributed by atoms with Gasteiger partial charge in [0.15, 0.2) is 0 Å². The van der Waals surface area contributed by atoms with Crippen LogP contribution in [0.25, 0.3) is 0 Å². The number of methoxy groups -OCH3 is 1. The summed E-state index contributed by atoms with van der Waals surface area (Å²) in [4.78, 5) is 25.0. The molecule has 1 saturated heterocycles. The Balaban J connectivity index is 1.60. The van der Waals surface area contributed by atoms with Crippen molar-refractivity contribution >= 4 is 27.6 Å². The maximum atomic E-state index is 13.0. The number of sulfonamides is 1. The number of nitrogens with one attached hydrogen (secondary N) is 1. The van der Waals surface area contributed by atoms with Gasteiger partial charge in [0.25, 0.3) is 0 Å². The van der Waals surface area contributed by atoms with Crippen LogP contribution in [0.5, 0.6) is 5.75 Å². The van der Waals surface area contributed by atoms with Crippen molar-refractivity contribution in [1.29, 1.82) is 0 Å². The fourth-order valence-electron chi connectivity index (χ4n) is 3.60. The highest BCUT2D eigenvalue weighted by atomic mass is 32.2. The van der Waals surface area contributed by atoms with E-state index in [0.717, 1.165) is 12.8 Å². The van der Waals surface area contributed by atoms with Crippen LogP contribution >= 0.6 is 0 Å². The molecule has 0 aliphatic carbocycles. The van der Waals surface area contributed by atoms with E-state index in [4.69, 9.17) is 9.47 Å². The first-order valence-electron chi connectivity index (χ1n) is 11.1. The van der Waals surface area contributed by atoms with Crippen molar-refractivity contribution < 1.29 is 27.5 Å². The number of amides is 1. The van der Waals surface area contributed by atoms with Crippen LogP contribution in [0, 0.1) is 5.92 Å². The third kappa shape index (κ3) is 6.33. The van der Waals surface area contributed by atoms with Crippen LogP contribution in [-0.2, 0) is 19.6 Å². The monoisotopic (exact) mass is 474 g/mol. The Labute approximate surface area is 194 Å². The van der Waals surface area contributed by atoms with Crippen LogP contribution in [0.4, 0.5) is 5.69 Å². The zero-order chi connectivity index (χ0) is 23.8. The molecule has 0 aromatic heterocycles. The lowest BCUT2D eigenvalue weighted by molar-refractivity contribution is -0.120. The lowest BCUT2D eigenvalue weighted by atomic mass is 9.98. The Kier molecular flexibility index (Phi) is 8.46. The van der Waals surface area contributed by atoms with Gasteiger partial charge in [-0.1, -0.05) is 13.3 Å². The van der Waals surface area contributed by atoms with Crippen LogP contribution < -0.4 is 10.1 Å². The second kappa shape index (κ2) is 11.3. The molecule has 1 fully saturated rings. The van der Waals surface area contributed by atoms with E-state index in [-0.39, 0.29) is 17.3 Å². The van der Waals surface area contributed by atoms with Gasteiger partial charge in [-0.3, -0.25) is 4.79 Å². The third-order valence-electron chi connectivity index (χ3n) is 5.57. The molecular formula is C24H30N2O6S. The quantitative estimate of drug-likeness (QED) is 0.439. The fourth-order valence-corrected chi connectivity index (χ4v) is 5.12. The van der Waals surface area contributed by atoms with Crippen molar-refractivity contribution in [3.8, 4) is 5.75 Å². The summed E-state index contributed by atoms with van der Waals surface area (Å²) in [6.07, 6.45) is 2.95. The van der Waals surface area contributed by atoms with Crippen molar-refractivity contribution in [3.63, 3.8) is 0 Å². The summed E-state index contributed by atoms with van der Waals surface area (Å²) in [5, 5.41) is 2.83. The smallest absolute Gasteiger partial charge is 0.338 e. The van der Waals surface area contributed by atoms with Gasteiger partial charge in [0, 0.05) is 18.8 Å². The predicted octanol–water partition coefficient (Wildman–Crippen LogP) is 3.69. The second-order valence-electron chi connectivity index (χ2n) is 7.93. The molecule has 0 saturated carbocycles. The van der Waals surface area contributed by atoms with E-state index in [1.54, 1.807) is 36.4 Å². The zero-order valence-corrected chi connectivity index (χ0v) is 19.8. The third-order valence-corrected chi connectivity index (χ3v) is 7.45. The van der Waals surface area contributed by atoms with Gasteiger partial charge in [-0.05, 0) is 67.8 Å². The van der Waals surface area contributed by atoms with Crippen molar-refractivity contribution in [2.75, 3.05) is 32.1 Å². The molecule has 1 atom stereocenters. The first kappa shape index (κ1) is 24.7. The van der Waals surface area contributed by atoms with Gasteiger partial charge in [0.05, 0.1) is 30.1 Å². The molecule has 1 N–H and O–H groups in total. The molecule has 0 radical (unpaired) electrons. The summed E-state index contributed by atoms with van der Waals surface area (Å²) >= 11 is 0. The molecule has 1 amide bonds. The maximum absolute atomic E-state index is 13.0. The van der Waals surface area contributed by atoms with Gasteiger partial charge < -0.3 is 14.8 Å². The average Bonchev–Trinajstić information content (AvgIpc) is 2.84. The summed E-state index contributed by atoms with van der Waals surface area (Å²) in [5.41, 5.74) is 0.957. The number of benzene rings is 2. The number of carbonyl (C=O) groups excluding carboxylic acids is 2. The Hall–Kier alpha value is -2.91. The van der Waals surface area contributed by atoms with Crippen LogP contribution in [0.2, 0.25) is 0 Å². The molecule has 3 rings (SSSR count). The Morgan fingerprint density at radius 3 is 2.42 bits per heavy atom. The normalized spacial score (nSPS) is 16.7. The number of esters is 1. The van der Waals surface area contributed by atoms with E-state index in [1.807, 2.05) is 6.92 Å². The van der Waals surface area contributed by atoms with Crippen molar-refractivity contribution in [1.82, 2.24) is 4.31 Å². The summed E-state index contributed by atoms with van der Waals surface area (Å²) in [6, 6.07) is 12.7. The Morgan fingerprint density at radius 1 is 1.09 bits per heavy atom. The molecule has 33 heavy (non-hydrogen) atoms. The number of ether oxygens (including phenoxy) is 2. The number of rotatable bonds is 9. The zero-order valence-electron chi connectivity index (χ0n) is 19.0. The van der Waals surface area contributed by atoms with E-state index >= 15 is 0 Å². The van der Waals surface area contributed by atoms with E-state index in [2.05, 4.69) is 5.32 Å². The van der Waals surface area contributed by atoms with Crippen molar-refractivity contribution in [3.05, 3.63) is 54.1 Å². The minimum atomic E-state index is -3.70. The van der Waals surface area contributed by atoms with Gasteiger partial charge in [-0.2, -0.15) is 4.31 Å². The number of unbranched alkanes of at least 4 members (excludes halogenated alkanes) is 1. The first-order valence-corrected chi connectivity index (χ1v) is 12.5. The minimum absolute atomic E-state index is 0.113. The lowest BCUT2D eigenvalue weighted by Crippen LogP contribution is -2.43. The number of hydrogen-bond donors (Lipinski definition) is 1. The van der Waals surface area contributed by atoms with Gasteiger partial charge in [0.2, 0.25) is 15.9 Å². The van der Waals surface area contributed by atoms with Gasteiger partial charge in [-0.25, -0.2) is 13.2 Å². The first-order chi connectivity index (χ1) is 15.8. The van der Waals surface area contributed by atoms with E-state index in [0.29, 0.717) is 43.0 Å². The highest BCUT2D eigenvalue weighted by Gasteiger charge is 2.33. The molecule has 0 bridgehead atoms. The molecular weight excluding hydrogens is 444 g/mol. The van der Waals surface area contributed by atoms with Crippen molar-refractivity contribution in [2.24, 2.45) is 5.92 Å². The summed E-state index contributed by atoms with van der Waals surface area (Å²) in [6.45, 7) is 2.88. The summed E-state index contributed by atoms with van der Waals surface area (Å²) in [5.74, 6) is -0.536. The Morgan fingerprint density at radius 2 is 1.79 bits per heavy atom. The number of anilines is 1. The molecule has 2 aromatic carbocycles. The minimum Gasteiger partial charge on any atom is -0.497 e. The van der Waals surface area contributed by atoms with Crippen LogP contribution in [0.1, 0.15) is 43.0 Å². The van der Waals surface area contributed by atoms with Gasteiger partial charge >= 0.3 is 5.97 Å². The van der Waals surface area contributed by atoms with Crippen LogP contribution in [0.3, 0.4) is 0 Å². The Bertz CT molecular complexity index is 1050. The van der Waals surface area contributed by atoms with E-state index in [9.17, 15) is 18.0 Å². The molecule has 1 aliphatic rings.